The van der Waals surface area contributed by atoms with Crippen molar-refractivity contribution in [1.29, 1.82) is 0 Å². The van der Waals surface area contributed by atoms with Crippen LogP contribution in [0.1, 0.15) is 18.5 Å². The maximum Gasteiger partial charge on any atom is 0.433 e. The summed E-state index contributed by atoms with van der Waals surface area (Å²) in [7, 11) is -3.99. The van der Waals surface area contributed by atoms with Gasteiger partial charge in [0.1, 0.15) is 10.6 Å². The molecule has 0 aliphatic rings. The monoisotopic (exact) mass is 312 g/mol. The Balaban J connectivity index is 2.71. The molecule has 0 spiro atoms. The van der Waals surface area contributed by atoms with Crippen LogP contribution < -0.4 is 4.72 Å². The Morgan fingerprint density at radius 1 is 1.35 bits per heavy atom. The Morgan fingerprint density at radius 2 is 2.00 bits per heavy atom. The van der Waals surface area contributed by atoms with E-state index in [2.05, 4.69) is 9.71 Å². The lowest BCUT2D eigenvalue weighted by Crippen LogP contribution is -2.25. The third-order valence-corrected chi connectivity index (χ3v) is 3.64. The molecule has 0 unspecified atom stereocenters. The molecule has 1 heterocycles. The zero-order chi connectivity index (χ0) is 15.4. The Labute approximate surface area is 112 Å². The van der Waals surface area contributed by atoms with E-state index >= 15 is 0 Å². The first kappa shape index (κ1) is 16.4. The summed E-state index contributed by atoms with van der Waals surface area (Å²) in [5, 5.41) is 8.37. The number of carbonyl (C=O) groups is 1. The summed E-state index contributed by atoms with van der Waals surface area (Å²) in [4.78, 5) is 12.9. The smallest absolute Gasteiger partial charge is 0.433 e. The number of carboxylic acids is 1. The molecule has 0 atom stereocenters. The number of aliphatic carboxylic acids is 1. The Hall–Kier alpha value is -1.68. The minimum Gasteiger partial charge on any atom is -0.481 e. The van der Waals surface area contributed by atoms with Gasteiger partial charge in [0.15, 0.2) is 0 Å². The fraction of sp³-hybridized carbons (Fsp3) is 0.400. The number of hydrogen-bond acceptors (Lipinski definition) is 4. The van der Waals surface area contributed by atoms with E-state index in [0.717, 1.165) is 6.07 Å². The lowest BCUT2D eigenvalue weighted by atomic mass is 10.3. The quantitative estimate of drug-likeness (QED) is 0.771. The van der Waals surface area contributed by atoms with Crippen LogP contribution in [0.15, 0.2) is 23.2 Å². The van der Waals surface area contributed by atoms with Crippen LogP contribution in [0, 0.1) is 0 Å². The summed E-state index contributed by atoms with van der Waals surface area (Å²) < 4.78 is 62.2. The van der Waals surface area contributed by atoms with Gasteiger partial charge in [-0.25, -0.2) is 13.1 Å². The van der Waals surface area contributed by atoms with Crippen molar-refractivity contribution in [1.82, 2.24) is 9.71 Å². The molecule has 1 aromatic heterocycles. The van der Waals surface area contributed by atoms with Crippen molar-refractivity contribution in [2.24, 2.45) is 0 Å². The second-order valence-corrected chi connectivity index (χ2v) is 5.54. The van der Waals surface area contributed by atoms with Crippen LogP contribution in [0.4, 0.5) is 13.2 Å². The highest BCUT2D eigenvalue weighted by Crippen LogP contribution is 2.27. The zero-order valence-electron chi connectivity index (χ0n) is 10.0. The van der Waals surface area contributed by atoms with Crippen molar-refractivity contribution < 1.29 is 31.5 Å². The maximum absolute atomic E-state index is 12.3. The predicted octanol–water partition coefficient (Wildman–Crippen LogP) is 1.24. The van der Waals surface area contributed by atoms with E-state index in [0.29, 0.717) is 12.3 Å². The van der Waals surface area contributed by atoms with Crippen molar-refractivity contribution >= 4 is 16.0 Å². The molecule has 0 saturated heterocycles. The van der Waals surface area contributed by atoms with Crippen LogP contribution in [-0.4, -0.2) is 31.0 Å². The summed E-state index contributed by atoms with van der Waals surface area (Å²) in [5.41, 5.74) is -1.19. The number of aromatic nitrogens is 1. The molecule has 0 radical (unpaired) electrons. The van der Waals surface area contributed by atoms with Gasteiger partial charge in [-0.15, -0.1) is 0 Å². The molecular formula is C10H11F3N2O4S. The second-order valence-electron chi connectivity index (χ2n) is 3.77. The van der Waals surface area contributed by atoms with Crippen LogP contribution in [0.2, 0.25) is 0 Å². The summed E-state index contributed by atoms with van der Waals surface area (Å²) >= 11 is 0. The minimum atomic E-state index is -4.64. The van der Waals surface area contributed by atoms with Crippen LogP contribution in [0.3, 0.4) is 0 Å². The van der Waals surface area contributed by atoms with Gasteiger partial charge in [0.2, 0.25) is 10.0 Å². The second kappa shape index (κ2) is 6.18. The Bertz CT molecular complexity index is 569. The Kier molecular flexibility index (Phi) is 5.06. The number of rotatable bonds is 6. The molecule has 1 rings (SSSR count). The predicted molar refractivity (Wildman–Crippen MR) is 61.3 cm³/mol. The van der Waals surface area contributed by atoms with Gasteiger partial charge in [0.25, 0.3) is 0 Å². The molecule has 0 fully saturated rings. The number of nitrogens with one attached hydrogen (secondary N) is 1. The number of pyridine rings is 1. The average Bonchev–Trinajstić information content (AvgIpc) is 2.34. The van der Waals surface area contributed by atoms with Gasteiger partial charge in [-0.1, -0.05) is 0 Å². The van der Waals surface area contributed by atoms with Crippen LogP contribution in [-0.2, 0) is 21.0 Å². The Morgan fingerprint density at radius 3 is 2.45 bits per heavy atom. The van der Waals surface area contributed by atoms with Gasteiger partial charge in [0.05, 0.1) is 0 Å². The first-order valence-electron chi connectivity index (χ1n) is 5.37. The molecule has 0 amide bonds. The molecule has 2 N–H and O–H groups in total. The normalized spacial score (nSPS) is 12.3. The van der Waals surface area contributed by atoms with Crippen LogP contribution in [0.25, 0.3) is 0 Å². The lowest BCUT2D eigenvalue weighted by molar-refractivity contribution is -0.141. The fourth-order valence-electron chi connectivity index (χ4n) is 1.24. The number of halogens is 3. The highest BCUT2D eigenvalue weighted by atomic mass is 32.2. The molecule has 1 aromatic rings. The van der Waals surface area contributed by atoms with Gasteiger partial charge in [-0.3, -0.25) is 9.78 Å². The largest absolute Gasteiger partial charge is 0.481 e. The van der Waals surface area contributed by atoms with E-state index < -0.39 is 32.8 Å². The van der Waals surface area contributed by atoms with Crippen molar-refractivity contribution in [3.05, 3.63) is 24.0 Å². The van der Waals surface area contributed by atoms with Crippen molar-refractivity contribution in [2.75, 3.05) is 6.54 Å². The summed E-state index contributed by atoms with van der Waals surface area (Å²) in [6.07, 6.45) is -4.18. The molecule has 6 nitrogen and oxygen atoms in total. The third kappa shape index (κ3) is 4.78. The highest BCUT2D eigenvalue weighted by molar-refractivity contribution is 7.89. The number of sulfonamides is 1. The molecule has 0 saturated carbocycles. The molecule has 0 aromatic carbocycles. The van der Waals surface area contributed by atoms with Crippen LogP contribution >= 0.6 is 0 Å². The summed E-state index contributed by atoms with van der Waals surface area (Å²) in [5.74, 6) is -1.07. The van der Waals surface area contributed by atoms with E-state index in [9.17, 15) is 26.4 Å². The third-order valence-electron chi connectivity index (χ3n) is 2.20. The maximum atomic E-state index is 12.3. The number of alkyl halides is 3. The molecule has 112 valence electrons. The summed E-state index contributed by atoms with van der Waals surface area (Å²) in [6.45, 7) is -0.129. The minimum absolute atomic E-state index is 0.0721. The SMILES string of the molecule is O=C(O)CCCNS(=O)(=O)c1ccc(C(F)(F)F)nc1. The first-order valence-corrected chi connectivity index (χ1v) is 6.86. The van der Waals surface area contributed by atoms with Gasteiger partial charge in [0, 0.05) is 19.2 Å². The lowest BCUT2D eigenvalue weighted by Gasteiger charge is -2.08. The van der Waals surface area contributed by atoms with Crippen LogP contribution in [0.5, 0.6) is 0 Å². The van der Waals surface area contributed by atoms with Crippen molar-refractivity contribution in [3.8, 4) is 0 Å². The molecule has 10 heteroatoms. The molecule has 0 aliphatic heterocycles. The van der Waals surface area contributed by atoms with E-state index in [4.69, 9.17) is 5.11 Å². The van der Waals surface area contributed by atoms with Gasteiger partial charge < -0.3 is 5.11 Å². The molecule has 0 aliphatic carbocycles. The van der Waals surface area contributed by atoms with E-state index in [-0.39, 0.29) is 19.4 Å². The number of hydrogen-bond donors (Lipinski definition) is 2. The van der Waals surface area contributed by atoms with E-state index in [1.165, 1.54) is 0 Å². The van der Waals surface area contributed by atoms with Gasteiger partial charge >= 0.3 is 12.1 Å². The topological polar surface area (TPSA) is 96.4 Å². The molecular weight excluding hydrogens is 301 g/mol. The molecule has 20 heavy (non-hydrogen) atoms. The zero-order valence-corrected chi connectivity index (χ0v) is 10.8. The molecule has 0 bridgehead atoms. The number of nitrogens with zero attached hydrogens (tertiary/aromatic N) is 1. The fourth-order valence-corrected chi connectivity index (χ4v) is 2.25. The van der Waals surface area contributed by atoms with Gasteiger partial charge in [-0.2, -0.15) is 13.2 Å². The highest BCUT2D eigenvalue weighted by Gasteiger charge is 2.32. The average molecular weight is 312 g/mol. The number of carboxylic acid groups (broad SMARTS) is 1. The standard InChI is InChI=1S/C10H11F3N2O4S/c11-10(12,13)8-4-3-7(6-14-8)20(18,19)15-5-1-2-9(16)17/h3-4,6,15H,1-2,5H2,(H,16,17). The summed E-state index contributed by atoms with van der Waals surface area (Å²) in [6, 6.07) is 1.35. The van der Waals surface area contributed by atoms with E-state index in [1.807, 2.05) is 0 Å². The van der Waals surface area contributed by atoms with Gasteiger partial charge in [-0.05, 0) is 18.6 Å². The van der Waals surface area contributed by atoms with Crippen molar-refractivity contribution in [2.45, 2.75) is 23.9 Å². The van der Waals surface area contributed by atoms with E-state index in [1.54, 1.807) is 0 Å². The van der Waals surface area contributed by atoms with Crippen molar-refractivity contribution in [3.63, 3.8) is 0 Å². The first-order chi connectivity index (χ1) is 9.13.